The van der Waals surface area contributed by atoms with Gasteiger partial charge in [-0.15, -0.1) is 16.7 Å². The number of unbranched alkanes of at least 4 members (excludes halogenated alkanes) is 1. The highest BCUT2D eigenvalue weighted by Gasteiger charge is 2.16. The van der Waals surface area contributed by atoms with Crippen molar-refractivity contribution in [2.24, 2.45) is 4.36 Å². The summed E-state index contributed by atoms with van der Waals surface area (Å²) < 4.78 is 23.4. The van der Waals surface area contributed by atoms with Gasteiger partial charge in [-0.1, -0.05) is 30.3 Å². The lowest BCUT2D eigenvalue weighted by atomic mass is 10.1. The molecular formula is C16H20N2O4S. The van der Waals surface area contributed by atoms with Gasteiger partial charge in [0.1, 0.15) is 16.0 Å². The third-order valence-corrected chi connectivity index (χ3v) is 4.71. The van der Waals surface area contributed by atoms with Crippen molar-refractivity contribution >= 4 is 21.9 Å². The van der Waals surface area contributed by atoms with E-state index in [0.717, 1.165) is 5.56 Å². The molecule has 0 saturated heterocycles. The SMILES string of the molecule is C#CCCCS(=O)(=NC(=O)O[C@@H](C)c1ccccc1)NC(C)=O. The fourth-order valence-electron chi connectivity index (χ4n) is 1.80. The van der Waals surface area contributed by atoms with Gasteiger partial charge < -0.3 is 4.74 Å². The van der Waals surface area contributed by atoms with Crippen molar-refractivity contribution in [1.82, 2.24) is 4.72 Å². The number of hydrogen-bond donors (Lipinski definition) is 1. The summed E-state index contributed by atoms with van der Waals surface area (Å²) in [5, 5.41) is 0. The molecule has 0 aliphatic rings. The van der Waals surface area contributed by atoms with Crippen molar-refractivity contribution in [1.29, 1.82) is 0 Å². The largest absolute Gasteiger partial charge is 0.443 e. The molecule has 0 aliphatic carbocycles. The lowest BCUT2D eigenvalue weighted by Gasteiger charge is -2.13. The highest BCUT2D eigenvalue weighted by atomic mass is 32.2. The van der Waals surface area contributed by atoms with Crippen LogP contribution in [0.4, 0.5) is 4.79 Å². The van der Waals surface area contributed by atoms with Crippen molar-refractivity contribution in [2.45, 2.75) is 32.8 Å². The van der Waals surface area contributed by atoms with Crippen LogP contribution in [0.25, 0.3) is 0 Å². The van der Waals surface area contributed by atoms with E-state index >= 15 is 0 Å². The zero-order valence-corrected chi connectivity index (χ0v) is 14.0. The maximum absolute atomic E-state index is 12.5. The molecule has 0 aliphatic heterocycles. The van der Waals surface area contributed by atoms with E-state index in [1.54, 1.807) is 19.1 Å². The number of rotatable bonds is 6. The molecule has 0 radical (unpaired) electrons. The number of terminal acetylenes is 1. The first-order valence-corrected chi connectivity index (χ1v) is 8.77. The van der Waals surface area contributed by atoms with E-state index < -0.39 is 28.0 Å². The quantitative estimate of drug-likeness (QED) is 0.639. The molecule has 0 spiro atoms. The molecule has 0 saturated carbocycles. The average Bonchev–Trinajstić information content (AvgIpc) is 2.47. The molecule has 1 aromatic carbocycles. The Morgan fingerprint density at radius 1 is 1.39 bits per heavy atom. The Morgan fingerprint density at radius 3 is 2.61 bits per heavy atom. The van der Waals surface area contributed by atoms with Crippen molar-refractivity contribution in [3.8, 4) is 12.3 Å². The molecule has 1 rings (SSSR count). The third-order valence-electron chi connectivity index (χ3n) is 2.81. The van der Waals surface area contributed by atoms with Crippen LogP contribution in [-0.2, 0) is 19.4 Å². The molecule has 124 valence electrons. The molecule has 23 heavy (non-hydrogen) atoms. The van der Waals surface area contributed by atoms with E-state index in [-0.39, 0.29) is 5.75 Å². The standard InChI is InChI=1S/C16H20N2O4S/c1-4-5-9-12-23(21,17-14(3)19)18-16(20)22-13(2)15-10-7-6-8-11-15/h1,6-8,10-11,13H,5,9,12H2,2-3H3,(H,17,18,19,20,21)/t13-,23?/m0/s1. The Labute approximate surface area is 136 Å². The number of ether oxygens (including phenoxy) is 1. The summed E-state index contributed by atoms with van der Waals surface area (Å²) >= 11 is 0. The van der Waals surface area contributed by atoms with Crippen LogP contribution in [0.3, 0.4) is 0 Å². The van der Waals surface area contributed by atoms with Gasteiger partial charge in [-0.05, 0) is 18.9 Å². The highest BCUT2D eigenvalue weighted by molar-refractivity contribution is 7.92. The molecule has 1 N–H and O–H groups in total. The fraction of sp³-hybridized carbons (Fsp3) is 0.375. The van der Waals surface area contributed by atoms with Gasteiger partial charge in [-0.2, -0.15) is 0 Å². The van der Waals surface area contributed by atoms with E-state index in [9.17, 15) is 13.8 Å². The molecule has 0 bridgehead atoms. The van der Waals surface area contributed by atoms with Crippen LogP contribution in [-0.4, -0.2) is 22.0 Å². The Bertz CT molecular complexity index is 701. The summed E-state index contributed by atoms with van der Waals surface area (Å²) in [5.74, 6) is 1.86. The maximum atomic E-state index is 12.5. The third kappa shape index (κ3) is 6.98. The van der Waals surface area contributed by atoms with E-state index in [1.807, 2.05) is 18.2 Å². The normalized spacial score (nSPS) is 14.0. The highest BCUT2D eigenvalue weighted by Crippen LogP contribution is 2.17. The van der Waals surface area contributed by atoms with Crippen molar-refractivity contribution < 1.29 is 18.5 Å². The van der Waals surface area contributed by atoms with Crippen molar-refractivity contribution in [3.63, 3.8) is 0 Å². The average molecular weight is 336 g/mol. The summed E-state index contributed by atoms with van der Waals surface area (Å²) in [4.78, 5) is 23.1. The van der Waals surface area contributed by atoms with Crippen LogP contribution in [0.5, 0.6) is 0 Å². The minimum atomic E-state index is -3.23. The van der Waals surface area contributed by atoms with Crippen molar-refractivity contribution in [3.05, 3.63) is 35.9 Å². The first-order chi connectivity index (χ1) is 10.9. The van der Waals surface area contributed by atoms with Gasteiger partial charge in [0.05, 0.1) is 5.75 Å². The summed E-state index contributed by atoms with van der Waals surface area (Å²) in [6.07, 6.45) is 4.36. The minimum Gasteiger partial charge on any atom is -0.440 e. The number of amides is 2. The number of carbonyl (C=O) groups is 2. The molecular weight excluding hydrogens is 316 g/mol. The van der Waals surface area contributed by atoms with Gasteiger partial charge in [-0.25, -0.2) is 9.00 Å². The zero-order valence-electron chi connectivity index (χ0n) is 13.2. The topological polar surface area (TPSA) is 84.8 Å². The molecule has 0 aromatic heterocycles. The monoisotopic (exact) mass is 336 g/mol. The molecule has 0 heterocycles. The fourth-order valence-corrected chi connectivity index (χ4v) is 3.31. The van der Waals surface area contributed by atoms with Gasteiger partial charge in [0.15, 0.2) is 0 Å². The van der Waals surface area contributed by atoms with E-state index in [1.165, 1.54) is 6.92 Å². The molecule has 1 unspecified atom stereocenters. The molecule has 7 heteroatoms. The summed E-state index contributed by atoms with van der Waals surface area (Å²) in [7, 11) is -3.23. The van der Waals surface area contributed by atoms with Gasteiger partial charge >= 0.3 is 6.09 Å². The Morgan fingerprint density at radius 2 is 2.04 bits per heavy atom. The smallest absolute Gasteiger partial charge is 0.440 e. The number of nitrogens with one attached hydrogen (secondary N) is 1. The molecule has 6 nitrogen and oxygen atoms in total. The van der Waals surface area contributed by atoms with Crippen LogP contribution in [0.15, 0.2) is 34.7 Å². The second kappa shape index (κ2) is 8.96. The second-order valence-corrected chi connectivity index (χ2v) is 6.91. The van der Waals surface area contributed by atoms with E-state index in [0.29, 0.717) is 12.8 Å². The Hall–Kier alpha value is -2.33. The predicted octanol–water partition coefficient (Wildman–Crippen LogP) is 2.82. The summed E-state index contributed by atoms with van der Waals surface area (Å²) in [5.41, 5.74) is 0.786. The first kappa shape index (κ1) is 18.7. The number of benzene rings is 1. The van der Waals surface area contributed by atoms with Gasteiger partial charge in [-0.3, -0.25) is 9.52 Å². The number of hydrogen-bond acceptors (Lipinski definition) is 4. The van der Waals surface area contributed by atoms with E-state index in [4.69, 9.17) is 11.2 Å². The number of carbonyl (C=O) groups excluding carboxylic acids is 2. The van der Waals surface area contributed by atoms with Gasteiger partial charge in [0.25, 0.3) is 0 Å². The Balaban J connectivity index is 2.84. The van der Waals surface area contributed by atoms with Crippen LogP contribution in [0.1, 0.15) is 38.4 Å². The van der Waals surface area contributed by atoms with Crippen LogP contribution < -0.4 is 4.72 Å². The van der Waals surface area contributed by atoms with Crippen LogP contribution in [0, 0.1) is 12.3 Å². The zero-order chi connectivity index (χ0) is 17.3. The molecule has 2 atom stereocenters. The van der Waals surface area contributed by atoms with Crippen molar-refractivity contribution in [2.75, 3.05) is 5.75 Å². The van der Waals surface area contributed by atoms with Crippen LogP contribution in [0.2, 0.25) is 0 Å². The summed E-state index contributed by atoms with van der Waals surface area (Å²) in [6.45, 7) is 2.88. The lowest BCUT2D eigenvalue weighted by molar-refractivity contribution is -0.117. The van der Waals surface area contributed by atoms with Crippen LogP contribution >= 0.6 is 0 Å². The predicted molar refractivity (Wildman–Crippen MR) is 88.7 cm³/mol. The number of nitrogens with zero attached hydrogens (tertiary/aromatic N) is 1. The molecule has 0 fully saturated rings. The lowest BCUT2D eigenvalue weighted by Crippen LogP contribution is -2.31. The second-order valence-electron chi connectivity index (χ2n) is 4.84. The maximum Gasteiger partial charge on any atom is 0.443 e. The summed E-state index contributed by atoms with van der Waals surface area (Å²) in [6, 6.07) is 9.08. The Kier molecular flexibility index (Phi) is 7.29. The van der Waals surface area contributed by atoms with E-state index in [2.05, 4.69) is 15.0 Å². The van der Waals surface area contributed by atoms with Gasteiger partial charge in [0.2, 0.25) is 5.91 Å². The first-order valence-electron chi connectivity index (χ1n) is 7.08. The minimum absolute atomic E-state index is 0.00834. The molecule has 1 aromatic rings. The molecule has 2 amide bonds. The van der Waals surface area contributed by atoms with Gasteiger partial charge in [0, 0.05) is 13.3 Å².